The van der Waals surface area contributed by atoms with Crippen molar-refractivity contribution in [2.45, 2.75) is 55.1 Å². The van der Waals surface area contributed by atoms with Gasteiger partial charge in [0.05, 0.1) is 15.8 Å². The van der Waals surface area contributed by atoms with E-state index in [0.717, 1.165) is 5.69 Å². The lowest BCUT2D eigenvalue weighted by Gasteiger charge is -2.12. The fourth-order valence-electron chi connectivity index (χ4n) is 3.62. The first-order valence-corrected chi connectivity index (χ1v) is 12.2. The summed E-state index contributed by atoms with van der Waals surface area (Å²) in [6, 6.07) is 6.12. The molecule has 2 aromatic rings. The standard InChI is InChI=1S/C21H22F2N2O3S2/c1-12-11-29-21(24-12)25-20(26)17(8-13-9-18(22)19(23)10-13)14-2-4-15(5-3-14)30(27,28)16-6-7-16/h2-5,8,11,13,16,18-19H,6-7,9-10H2,1H3,(H,24,25,26)/b17-8+. The van der Waals surface area contributed by atoms with Crippen LogP contribution in [0.5, 0.6) is 0 Å². The number of carbonyl (C=O) groups is 1. The average molecular weight is 453 g/mol. The monoisotopic (exact) mass is 452 g/mol. The first kappa shape index (κ1) is 21.1. The van der Waals surface area contributed by atoms with Gasteiger partial charge in [0.25, 0.3) is 5.91 Å². The van der Waals surface area contributed by atoms with Gasteiger partial charge in [0.1, 0.15) is 12.3 Å². The summed E-state index contributed by atoms with van der Waals surface area (Å²) in [5.41, 5.74) is 1.52. The van der Waals surface area contributed by atoms with E-state index in [0.29, 0.717) is 23.5 Å². The molecule has 1 aromatic heterocycles. The molecule has 1 amide bonds. The van der Waals surface area contributed by atoms with Crippen molar-refractivity contribution in [1.29, 1.82) is 0 Å². The second-order valence-electron chi connectivity index (χ2n) is 7.86. The maximum absolute atomic E-state index is 13.7. The Balaban J connectivity index is 1.63. The average Bonchev–Trinajstić information content (AvgIpc) is 3.42. The predicted octanol–water partition coefficient (Wildman–Crippen LogP) is 4.50. The van der Waals surface area contributed by atoms with Crippen molar-refractivity contribution in [3.05, 3.63) is 47.0 Å². The van der Waals surface area contributed by atoms with E-state index in [1.807, 2.05) is 6.92 Å². The zero-order valence-corrected chi connectivity index (χ0v) is 18.0. The summed E-state index contributed by atoms with van der Waals surface area (Å²) in [6.07, 6.45) is -0.119. The van der Waals surface area contributed by atoms with Crippen molar-refractivity contribution in [3.8, 4) is 0 Å². The first-order chi connectivity index (χ1) is 14.2. The van der Waals surface area contributed by atoms with Crippen molar-refractivity contribution in [3.63, 3.8) is 0 Å². The Morgan fingerprint density at radius 3 is 2.33 bits per heavy atom. The van der Waals surface area contributed by atoms with E-state index in [9.17, 15) is 22.0 Å². The largest absolute Gasteiger partial charge is 0.298 e. The molecule has 4 rings (SSSR count). The second kappa shape index (κ2) is 8.19. The molecule has 2 aliphatic rings. The lowest BCUT2D eigenvalue weighted by molar-refractivity contribution is -0.111. The highest BCUT2D eigenvalue weighted by Crippen LogP contribution is 2.36. The quantitative estimate of drug-likeness (QED) is 0.655. The minimum atomic E-state index is -3.34. The number of nitrogens with zero attached hydrogens (tertiary/aromatic N) is 1. The van der Waals surface area contributed by atoms with E-state index in [1.54, 1.807) is 23.6 Å². The van der Waals surface area contributed by atoms with Crippen molar-refractivity contribution in [2.75, 3.05) is 5.32 Å². The number of anilines is 1. The number of aromatic nitrogens is 1. The van der Waals surface area contributed by atoms with E-state index in [2.05, 4.69) is 10.3 Å². The Hall–Kier alpha value is -2.13. The lowest BCUT2D eigenvalue weighted by Crippen LogP contribution is -2.15. The fourth-order valence-corrected chi connectivity index (χ4v) is 5.96. The van der Waals surface area contributed by atoms with E-state index in [1.165, 1.54) is 23.5 Å². The number of sulfone groups is 1. The molecule has 0 spiro atoms. The summed E-state index contributed by atoms with van der Waals surface area (Å²) in [7, 11) is -3.34. The zero-order chi connectivity index (χ0) is 21.5. The summed E-state index contributed by atoms with van der Waals surface area (Å²) in [4.78, 5) is 17.4. The number of rotatable bonds is 6. The summed E-state index contributed by atoms with van der Waals surface area (Å²) in [5, 5.41) is 4.63. The summed E-state index contributed by atoms with van der Waals surface area (Å²) >= 11 is 1.28. The summed E-state index contributed by atoms with van der Waals surface area (Å²) in [6.45, 7) is 1.81. The number of carbonyl (C=O) groups excluding carboxylic acids is 1. The number of thiazole rings is 1. The second-order valence-corrected chi connectivity index (χ2v) is 10.9. The van der Waals surface area contributed by atoms with Gasteiger partial charge in [-0.1, -0.05) is 18.2 Å². The third-order valence-electron chi connectivity index (χ3n) is 5.39. The van der Waals surface area contributed by atoms with Crippen molar-refractivity contribution in [1.82, 2.24) is 4.98 Å². The van der Waals surface area contributed by atoms with Crippen LogP contribution >= 0.6 is 11.3 Å². The van der Waals surface area contributed by atoms with Crippen LogP contribution in [0.25, 0.3) is 5.57 Å². The molecule has 1 aromatic carbocycles. The molecule has 2 aliphatic carbocycles. The van der Waals surface area contributed by atoms with E-state index in [-0.39, 0.29) is 28.6 Å². The number of halogens is 2. The van der Waals surface area contributed by atoms with Gasteiger partial charge in [-0.3, -0.25) is 10.1 Å². The minimum Gasteiger partial charge on any atom is -0.298 e. The van der Waals surface area contributed by atoms with Gasteiger partial charge in [-0.15, -0.1) is 11.3 Å². The molecule has 0 saturated heterocycles. The predicted molar refractivity (Wildman–Crippen MR) is 113 cm³/mol. The number of hydrogen-bond acceptors (Lipinski definition) is 5. The number of allylic oxidation sites excluding steroid dienone is 1. The van der Waals surface area contributed by atoms with Gasteiger partial charge in [0.15, 0.2) is 15.0 Å². The highest BCUT2D eigenvalue weighted by Gasteiger charge is 2.37. The molecular formula is C21H22F2N2O3S2. The van der Waals surface area contributed by atoms with Crippen LogP contribution in [0.4, 0.5) is 13.9 Å². The van der Waals surface area contributed by atoms with Gasteiger partial charge in [-0.2, -0.15) is 0 Å². The normalized spacial score (nSPS) is 24.8. The lowest BCUT2D eigenvalue weighted by atomic mass is 9.98. The summed E-state index contributed by atoms with van der Waals surface area (Å²) in [5.74, 6) is -0.858. The van der Waals surface area contributed by atoms with Crippen LogP contribution < -0.4 is 5.32 Å². The van der Waals surface area contributed by atoms with Crippen LogP contribution in [0.15, 0.2) is 40.6 Å². The van der Waals surface area contributed by atoms with Gasteiger partial charge in [-0.25, -0.2) is 22.2 Å². The maximum Gasteiger partial charge on any atom is 0.257 e. The van der Waals surface area contributed by atoms with Gasteiger partial charge in [0, 0.05) is 11.0 Å². The Morgan fingerprint density at radius 2 is 1.80 bits per heavy atom. The highest BCUT2D eigenvalue weighted by molar-refractivity contribution is 7.92. The number of aryl methyl sites for hydroxylation is 1. The molecule has 0 aliphatic heterocycles. The maximum atomic E-state index is 13.7. The first-order valence-electron chi connectivity index (χ1n) is 9.82. The minimum absolute atomic E-state index is 0.0163. The Bertz CT molecular complexity index is 1070. The number of nitrogens with one attached hydrogen (secondary N) is 1. The molecule has 0 bridgehead atoms. The molecule has 1 N–H and O–H groups in total. The third kappa shape index (κ3) is 4.46. The molecule has 1 heterocycles. The number of amides is 1. The molecule has 30 heavy (non-hydrogen) atoms. The Kier molecular flexibility index (Phi) is 5.76. The van der Waals surface area contributed by atoms with E-state index in [4.69, 9.17) is 0 Å². The topological polar surface area (TPSA) is 76.1 Å². The molecule has 2 atom stereocenters. The smallest absolute Gasteiger partial charge is 0.257 e. The van der Waals surface area contributed by atoms with Gasteiger partial charge < -0.3 is 0 Å². The third-order valence-corrected chi connectivity index (χ3v) is 8.55. The van der Waals surface area contributed by atoms with Gasteiger partial charge in [0.2, 0.25) is 0 Å². The van der Waals surface area contributed by atoms with E-state index >= 15 is 0 Å². The molecule has 2 fully saturated rings. The van der Waals surface area contributed by atoms with Crippen LogP contribution in [0.3, 0.4) is 0 Å². The molecule has 2 saturated carbocycles. The van der Waals surface area contributed by atoms with Crippen LogP contribution in [0.2, 0.25) is 0 Å². The van der Waals surface area contributed by atoms with E-state index < -0.39 is 34.0 Å². The molecule has 5 nitrogen and oxygen atoms in total. The van der Waals surface area contributed by atoms with Crippen molar-refractivity contribution < 1.29 is 22.0 Å². The van der Waals surface area contributed by atoms with Crippen molar-refractivity contribution in [2.24, 2.45) is 5.92 Å². The number of hydrogen-bond donors (Lipinski definition) is 1. The fraction of sp³-hybridized carbons (Fsp3) is 0.429. The highest BCUT2D eigenvalue weighted by atomic mass is 32.2. The molecule has 0 radical (unpaired) electrons. The van der Waals surface area contributed by atoms with Gasteiger partial charge >= 0.3 is 0 Å². The summed E-state index contributed by atoms with van der Waals surface area (Å²) < 4.78 is 52.2. The van der Waals surface area contributed by atoms with Crippen LogP contribution in [0, 0.1) is 12.8 Å². The molecule has 160 valence electrons. The molecule has 2 unspecified atom stereocenters. The van der Waals surface area contributed by atoms with Crippen LogP contribution in [-0.4, -0.2) is 36.9 Å². The Labute approximate surface area is 178 Å². The Morgan fingerprint density at radius 1 is 1.17 bits per heavy atom. The van der Waals surface area contributed by atoms with Gasteiger partial charge in [-0.05, 0) is 56.2 Å². The zero-order valence-electron chi connectivity index (χ0n) is 16.3. The van der Waals surface area contributed by atoms with Crippen molar-refractivity contribution >= 4 is 37.8 Å². The SMILES string of the molecule is Cc1csc(NC(=O)/C(=C/C2CC(F)C(F)C2)c2ccc(S(=O)(=O)C3CC3)cc2)n1. The number of benzene rings is 1. The molecule has 9 heteroatoms. The number of alkyl halides is 2. The molecular weight excluding hydrogens is 430 g/mol. The van der Waals surface area contributed by atoms with Crippen LogP contribution in [-0.2, 0) is 14.6 Å². The van der Waals surface area contributed by atoms with Crippen LogP contribution in [0.1, 0.15) is 36.9 Å².